The third-order valence-corrected chi connectivity index (χ3v) is 5.15. The summed E-state index contributed by atoms with van der Waals surface area (Å²) in [6.45, 7) is 5.08. The highest BCUT2D eigenvalue weighted by Gasteiger charge is 2.17. The van der Waals surface area contributed by atoms with Gasteiger partial charge in [-0.2, -0.15) is 4.98 Å². The van der Waals surface area contributed by atoms with Crippen LogP contribution in [-0.2, 0) is 11.2 Å². The highest BCUT2D eigenvalue weighted by Crippen LogP contribution is 2.17. The lowest BCUT2D eigenvalue weighted by molar-refractivity contribution is -0.129. The van der Waals surface area contributed by atoms with E-state index < -0.39 is 0 Å². The standard InChI is InChI=1S/C20H25N5O2S/c1-14-17(15(2)25-19(21-14)22-20(23-25)28-4)13-18(26)24(3)11-8-12-27-16-9-6-5-7-10-16/h5-7,9-10H,8,11-13H2,1-4H3. The van der Waals surface area contributed by atoms with E-state index in [1.54, 1.807) is 9.42 Å². The van der Waals surface area contributed by atoms with Crippen LogP contribution in [0, 0.1) is 13.8 Å². The van der Waals surface area contributed by atoms with Gasteiger partial charge < -0.3 is 9.64 Å². The molecule has 148 valence electrons. The van der Waals surface area contributed by atoms with Crippen LogP contribution in [0.3, 0.4) is 0 Å². The fourth-order valence-electron chi connectivity index (χ4n) is 2.95. The smallest absolute Gasteiger partial charge is 0.253 e. The average Bonchev–Trinajstić information content (AvgIpc) is 3.12. The highest BCUT2D eigenvalue weighted by molar-refractivity contribution is 7.98. The van der Waals surface area contributed by atoms with Crippen molar-refractivity contribution in [2.75, 3.05) is 26.5 Å². The van der Waals surface area contributed by atoms with E-state index in [0.717, 1.165) is 29.1 Å². The van der Waals surface area contributed by atoms with E-state index in [-0.39, 0.29) is 5.91 Å². The maximum atomic E-state index is 12.7. The summed E-state index contributed by atoms with van der Waals surface area (Å²) in [7, 11) is 1.82. The molecule has 28 heavy (non-hydrogen) atoms. The molecule has 8 heteroatoms. The number of likely N-dealkylation sites (N-methyl/N-ethyl adjacent to an activating group) is 1. The molecule has 7 nitrogen and oxygen atoms in total. The summed E-state index contributed by atoms with van der Waals surface area (Å²) < 4.78 is 7.40. The lowest BCUT2D eigenvalue weighted by atomic mass is 10.1. The van der Waals surface area contributed by atoms with Gasteiger partial charge in [0.05, 0.1) is 13.0 Å². The van der Waals surface area contributed by atoms with Gasteiger partial charge in [0.2, 0.25) is 11.1 Å². The number of thioether (sulfide) groups is 1. The zero-order chi connectivity index (χ0) is 20.1. The fourth-order valence-corrected chi connectivity index (χ4v) is 3.29. The molecule has 0 saturated heterocycles. The first-order valence-corrected chi connectivity index (χ1v) is 10.4. The monoisotopic (exact) mass is 399 g/mol. The number of hydrogen-bond acceptors (Lipinski definition) is 6. The first-order chi connectivity index (χ1) is 13.5. The molecule has 1 aromatic carbocycles. The molecule has 0 N–H and O–H groups in total. The van der Waals surface area contributed by atoms with Crippen LogP contribution in [0.1, 0.15) is 23.4 Å². The quantitative estimate of drug-likeness (QED) is 0.428. The SMILES string of the molecule is CSc1nc2nc(C)c(CC(=O)N(C)CCCOc3ccccc3)c(C)n2n1. The number of ether oxygens (including phenoxy) is 1. The Labute approximate surface area is 169 Å². The van der Waals surface area contributed by atoms with Crippen molar-refractivity contribution in [2.45, 2.75) is 31.8 Å². The normalized spacial score (nSPS) is 11.0. The zero-order valence-electron chi connectivity index (χ0n) is 16.7. The average molecular weight is 400 g/mol. The molecule has 0 saturated carbocycles. The summed E-state index contributed by atoms with van der Waals surface area (Å²) in [4.78, 5) is 23.3. The number of para-hydroxylation sites is 1. The lowest BCUT2D eigenvalue weighted by Gasteiger charge is -2.18. The van der Waals surface area contributed by atoms with Crippen molar-refractivity contribution in [1.82, 2.24) is 24.5 Å². The molecule has 3 rings (SSSR count). The number of fused-ring (bicyclic) bond motifs is 1. The maximum absolute atomic E-state index is 12.7. The van der Waals surface area contributed by atoms with Crippen LogP contribution < -0.4 is 4.74 Å². The van der Waals surface area contributed by atoms with Gasteiger partial charge in [0.15, 0.2) is 0 Å². The van der Waals surface area contributed by atoms with Crippen LogP contribution in [-0.4, -0.2) is 56.8 Å². The molecular weight excluding hydrogens is 374 g/mol. The van der Waals surface area contributed by atoms with Crippen LogP contribution >= 0.6 is 11.8 Å². The number of benzene rings is 1. The van der Waals surface area contributed by atoms with Gasteiger partial charge in [-0.25, -0.2) is 9.50 Å². The summed E-state index contributed by atoms with van der Waals surface area (Å²) in [5.41, 5.74) is 2.63. The van der Waals surface area contributed by atoms with Gasteiger partial charge in [0, 0.05) is 30.5 Å². The van der Waals surface area contributed by atoms with Gasteiger partial charge in [-0.15, -0.1) is 5.10 Å². The summed E-state index contributed by atoms with van der Waals surface area (Å²) >= 11 is 1.47. The van der Waals surface area contributed by atoms with Gasteiger partial charge >= 0.3 is 0 Å². The van der Waals surface area contributed by atoms with Gasteiger partial charge in [-0.05, 0) is 38.7 Å². The Morgan fingerprint density at radius 2 is 1.96 bits per heavy atom. The van der Waals surface area contributed by atoms with Crippen molar-refractivity contribution in [3.8, 4) is 5.75 Å². The fraction of sp³-hybridized carbons (Fsp3) is 0.400. The van der Waals surface area contributed by atoms with Crippen LogP contribution in [0.2, 0.25) is 0 Å². The van der Waals surface area contributed by atoms with E-state index in [1.165, 1.54) is 11.8 Å². The van der Waals surface area contributed by atoms with Gasteiger partial charge in [0.1, 0.15) is 5.75 Å². The molecule has 2 heterocycles. The second kappa shape index (κ2) is 9.05. The first-order valence-electron chi connectivity index (χ1n) is 9.18. The van der Waals surface area contributed by atoms with Crippen molar-refractivity contribution >= 4 is 23.4 Å². The molecule has 2 aromatic heterocycles. The largest absolute Gasteiger partial charge is 0.494 e. The van der Waals surface area contributed by atoms with Crippen molar-refractivity contribution in [1.29, 1.82) is 0 Å². The summed E-state index contributed by atoms with van der Waals surface area (Å²) in [6, 6.07) is 9.69. The van der Waals surface area contributed by atoms with Crippen molar-refractivity contribution in [3.05, 3.63) is 47.3 Å². The van der Waals surface area contributed by atoms with Crippen LogP contribution in [0.4, 0.5) is 0 Å². The zero-order valence-corrected chi connectivity index (χ0v) is 17.5. The second-order valence-corrected chi connectivity index (χ2v) is 7.35. The van der Waals surface area contributed by atoms with Gasteiger partial charge in [0.25, 0.3) is 5.78 Å². The number of rotatable bonds is 8. The molecule has 0 aliphatic carbocycles. The minimum Gasteiger partial charge on any atom is -0.494 e. The van der Waals surface area contributed by atoms with Crippen molar-refractivity contribution < 1.29 is 9.53 Å². The first kappa shape index (κ1) is 20.1. The number of aryl methyl sites for hydroxylation is 2. The maximum Gasteiger partial charge on any atom is 0.253 e. The third-order valence-electron chi connectivity index (χ3n) is 4.62. The summed E-state index contributed by atoms with van der Waals surface area (Å²) in [5.74, 6) is 1.47. The number of hydrogen-bond donors (Lipinski definition) is 0. The molecular formula is C20H25N5O2S. The number of amides is 1. The Kier molecular flexibility index (Phi) is 6.51. The molecule has 1 amide bonds. The third kappa shape index (κ3) is 4.62. The van der Waals surface area contributed by atoms with E-state index in [4.69, 9.17) is 4.74 Å². The Morgan fingerprint density at radius 3 is 2.68 bits per heavy atom. The predicted octanol–water partition coefficient (Wildman–Crippen LogP) is 2.93. The van der Waals surface area contributed by atoms with E-state index in [0.29, 0.717) is 30.5 Å². The Morgan fingerprint density at radius 1 is 1.21 bits per heavy atom. The minimum absolute atomic E-state index is 0.0530. The number of nitrogens with zero attached hydrogens (tertiary/aromatic N) is 5. The van der Waals surface area contributed by atoms with Crippen molar-refractivity contribution in [2.24, 2.45) is 0 Å². The van der Waals surface area contributed by atoms with Crippen LogP contribution in [0.25, 0.3) is 5.78 Å². The van der Waals surface area contributed by atoms with Crippen LogP contribution in [0.15, 0.2) is 35.5 Å². The molecule has 0 unspecified atom stereocenters. The van der Waals surface area contributed by atoms with E-state index >= 15 is 0 Å². The lowest BCUT2D eigenvalue weighted by Crippen LogP contribution is -2.30. The number of carbonyl (C=O) groups is 1. The number of carbonyl (C=O) groups excluding carboxylic acids is 1. The Hall–Kier alpha value is -2.61. The molecule has 0 bridgehead atoms. The second-order valence-electron chi connectivity index (χ2n) is 6.58. The molecule has 0 atom stereocenters. The van der Waals surface area contributed by atoms with E-state index in [1.807, 2.05) is 57.5 Å². The molecule has 3 aromatic rings. The van der Waals surface area contributed by atoms with Gasteiger partial charge in [-0.1, -0.05) is 30.0 Å². The predicted molar refractivity (Wildman–Crippen MR) is 110 cm³/mol. The van der Waals surface area contributed by atoms with E-state index in [9.17, 15) is 4.79 Å². The molecule has 0 fully saturated rings. The van der Waals surface area contributed by atoms with E-state index in [2.05, 4.69) is 15.1 Å². The minimum atomic E-state index is 0.0530. The van der Waals surface area contributed by atoms with Crippen molar-refractivity contribution in [3.63, 3.8) is 0 Å². The van der Waals surface area contributed by atoms with Gasteiger partial charge in [-0.3, -0.25) is 4.79 Å². The summed E-state index contributed by atoms with van der Waals surface area (Å²) in [5, 5.41) is 5.11. The topological polar surface area (TPSA) is 72.6 Å². The number of aromatic nitrogens is 4. The molecule has 0 spiro atoms. The highest BCUT2D eigenvalue weighted by atomic mass is 32.2. The van der Waals surface area contributed by atoms with Crippen LogP contribution in [0.5, 0.6) is 5.75 Å². The Bertz CT molecular complexity index is 958. The Balaban J connectivity index is 1.59. The molecule has 0 radical (unpaired) electrons. The summed E-state index contributed by atoms with van der Waals surface area (Å²) in [6.07, 6.45) is 3.00. The molecule has 0 aliphatic rings. The molecule has 0 aliphatic heterocycles.